The largest absolute Gasteiger partial charge is 0.414 e. The highest BCUT2D eigenvalue weighted by atomic mass is 32.1. The van der Waals surface area contributed by atoms with Gasteiger partial charge in [0.05, 0.1) is 15.1 Å². The van der Waals surface area contributed by atoms with Crippen molar-refractivity contribution in [2.75, 3.05) is 5.32 Å². The predicted molar refractivity (Wildman–Crippen MR) is 125 cm³/mol. The minimum atomic E-state index is -0.526. The van der Waals surface area contributed by atoms with Crippen molar-refractivity contribution in [2.24, 2.45) is 0 Å². The van der Waals surface area contributed by atoms with E-state index in [2.05, 4.69) is 25.6 Å². The fraction of sp³-hybridized carbons (Fsp3) is 0.190. The Morgan fingerprint density at radius 1 is 1.09 bits per heavy atom. The number of nitrogens with one attached hydrogen (secondary N) is 2. The third kappa shape index (κ3) is 4.69. The average molecular weight is 484 g/mol. The Kier molecular flexibility index (Phi) is 5.93. The van der Waals surface area contributed by atoms with Crippen molar-refractivity contribution in [1.82, 2.24) is 20.3 Å². The highest BCUT2D eigenvalue weighted by Gasteiger charge is 2.23. The molecule has 4 aromatic rings. The molecule has 2 amide bonds. The van der Waals surface area contributed by atoms with Gasteiger partial charge in [0.2, 0.25) is 11.8 Å². The molecule has 0 bridgehead atoms. The molecule has 0 spiro atoms. The third-order valence-electron chi connectivity index (χ3n) is 4.85. The van der Waals surface area contributed by atoms with Crippen LogP contribution in [0.15, 0.2) is 46.6 Å². The van der Waals surface area contributed by atoms with Gasteiger partial charge in [0.15, 0.2) is 0 Å². The molecule has 1 aliphatic rings. The summed E-state index contributed by atoms with van der Waals surface area (Å²) in [6.45, 7) is 0. The summed E-state index contributed by atoms with van der Waals surface area (Å²) in [6.07, 6.45) is 3.17. The number of anilines is 1. The lowest BCUT2D eigenvalue weighted by molar-refractivity contribution is 0.102. The molecule has 1 atom stereocenters. The van der Waals surface area contributed by atoms with Gasteiger partial charge in [-0.25, -0.2) is 19.7 Å². The predicted octanol–water partition coefficient (Wildman–Crippen LogP) is 4.62. The second-order valence-electron chi connectivity index (χ2n) is 7.04. The summed E-state index contributed by atoms with van der Waals surface area (Å²) in [5, 5.41) is 12.0. The minimum absolute atomic E-state index is 0.0828. The molecule has 1 unspecified atom stereocenters. The minimum Gasteiger partial charge on any atom is -0.390 e. The molecular formula is C21H17N5O3S3. The first-order chi connectivity index (χ1) is 15.6. The summed E-state index contributed by atoms with van der Waals surface area (Å²) < 4.78 is 5.36. The second-order valence-corrected chi connectivity index (χ2v) is 9.79. The smallest absolute Gasteiger partial charge is 0.390 e. The number of fused-ring (bicyclic) bond motifs is 1. The van der Waals surface area contributed by atoms with E-state index >= 15 is 0 Å². The SMILES string of the molecule is O=C(NC1CCc2nc(NC(=O)c3cccs3)ncc2C1)Oc1csc(-c2cccs2)n1. The third-order valence-corrected chi connectivity index (χ3v) is 7.58. The van der Waals surface area contributed by atoms with Gasteiger partial charge < -0.3 is 10.1 Å². The number of hydrogen-bond donors (Lipinski definition) is 2. The molecule has 0 aliphatic heterocycles. The van der Waals surface area contributed by atoms with Crippen LogP contribution in [-0.4, -0.2) is 33.0 Å². The van der Waals surface area contributed by atoms with Crippen LogP contribution in [0.1, 0.15) is 27.3 Å². The van der Waals surface area contributed by atoms with E-state index in [1.165, 1.54) is 22.7 Å². The lowest BCUT2D eigenvalue weighted by Gasteiger charge is -2.24. The van der Waals surface area contributed by atoms with Crippen LogP contribution < -0.4 is 15.4 Å². The highest BCUT2D eigenvalue weighted by molar-refractivity contribution is 7.20. The van der Waals surface area contributed by atoms with E-state index in [1.807, 2.05) is 29.0 Å². The summed E-state index contributed by atoms with van der Waals surface area (Å²) in [4.78, 5) is 39.3. The van der Waals surface area contributed by atoms with E-state index in [-0.39, 0.29) is 17.9 Å². The maximum absolute atomic E-state index is 12.3. The van der Waals surface area contributed by atoms with Crippen molar-refractivity contribution in [3.05, 3.63) is 62.7 Å². The Morgan fingerprint density at radius 2 is 1.97 bits per heavy atom. The quantitative estimate of drug-likeness (QED) is 0.429. The number of nitrogens with zero attached hydrogens (tertiary/aromatic N) is 3. The standard InChI is InChI=1S/C21H17N5O3S3/c27-18(15-3-1-7-30-15)26-20-22-10-12-9-13(5-6-14(12)24-20)23-21(28)29-17-11-32-19(25-17)16-4-2-8-31-16/h1-4,7-8,10-11,13H,5-6,9H2,(H,23,28)(H,22,24,26,27). The molecule has 162 valence electrons. The first-order valence-electron chi connectivity index (χ1n) is 9.81. The van der Waals surface area contributed by atoms with Gasteiger partial charge in [-0.1, -0.05) is 12.1 Å². The van der Waals surface area contributed by atoms with Crippen molar-refractivity contribution in [3.8, 4) is 15.8 Å². The van der Waals surface area contributed by atoms with Gasteiger partial charge >= 0.3 is 6.09 Å². The first-order valence-corrected chi connectivity index (χ1v) is 12.5. The van der Waals surface area contributed by atoms with Crippen molar-refractivity contribution in [1.29, 1.82) is 0 Å². The van der Waals surface area contributed by atoms with Crippen LogP contribution in [0, 0.1) is 0 Å². The lowest BCUT2D eigenvalue weighted by atomic mass is 9.93. The molecule has 0 saturated carbocycles. The molecule has 4 aromatic heterocycles. The van der Waals surface area contributed by atoms with Crippen molar-refractivity contribution >= 4 is 52.0 Å². The molecule has 1 aliphatic carbocycles. The van der Waals surface area contributed by atoms with Crippen molar-refractivity contribution in [3.63, 3.8) is 0 Å². The van der Waals surface area contributed by atoms with E-state index in [0.717, 1.165) is 27.6 Å². The molecule has 8 nitrogen and oxygen atoms in total. The molecule has 32 heavy (non-hydrogen) atoms. The number of hydrogen-bond acceptors (Lipinski definition) is 9. The number of carbonyl (C=O) groups is 2. The zero-order valence-electron chi connectivity index (χ0n) is 16.6. The Balaban J connectivity index is 1.16. The normalized spacial score (nSPS) is 15.1. The van der Waals surface area contributed by atoms with Crippen molar-refractivity contribution < 1.29 is 14.3 Å². The Labute approximate surface area is 195 Å². The maximum atomic E-state index is 12.3. The molecule has 0 fully saturated rings. The van der Waals surface area contributed by atoms with Crippen LogP contribution in [0.5, 0.6) is 5.88 Å². The molecule has 11 heteroatoms. The summed E-state index contributed by atoms with van der Waals surface area (Å²) in [5.74, 6) is 0.363. The van der Waals surface area contributed by atoms with Gasteiger partial charge in [-0.15, -0.1) is 34.0 Å². The van der Waals surface area contributed by atoms with Crippen LogP contribution in [0.2, 0.25) is 0 Å². The topological polar surface area (TPSA) is 106 Å². The van der Waals surface area contributed by atoms with Crippen LogP contribution in [0.4, 0.5) is 10.7 Å². The Bertz CT molecular complexity index is 1240. The summed E-state index contributed by atoms with van der Waals surface area (Å²) >= 11 is 4.39. The Hall–Kier alpha value is -3.15. The lowest BCUT2D eigenvalue weighted by Crippen LogP contribution is -2.40. The van der Waals surface area contributed by atoms with Gasteiger partial charge in [-0.05, 0) is 47.7 Å². The highest BCUT2D eigenvalue weighted by Crippen LogP contribution is 2.30. The monoisotopic (exact) mass is 483 g/mol. The molecule has 4 heterocycles. The number of ether oxygens (including phenoxy) is 1. The Morgan fingerprint density at radius 3 is 2.78 bits per heavy atom. The van der Waals surface area contributed by atoms with E-state index in [0.29, 0.717) is 23.6 Å². The molecule has 0 radical (unpaired) electrons. The van der Waals surface area contributed by atoms with Crippen LogP contribution >= 0.6 is 34.0 Å². The van der Waals surface area contributed by atoms with E-state index < -0.39 is 6.09 Å². The van der Waals surface area contributed by atoms with E-state index in [1.54, 1.807) is 29.0 Å². The van der Waals surface area contributed by atoms with Gasteiger partial charge in [-0.3, -0.25) is 10.1 Å². The molecule has 0 saturated heterocycles. The summed E-state index contributed by atoms with van der Waals surface area (Å²) in [6, 6.07) is 7.43. The number of thiophene rings is 2. The number of rotatable bonds is 5. The van der Waals surface area contributed by atoms with Crippen molar-refractivity contribution in [2.45, 2.75) is 25.3 Å². The zero-order chi connectivity index (χ0) is 21.9. The molecule has 0 aromatic carbocycles. The average Bonchev–Trinajstić information content (AvgIpc) is 3.55. The van der Waals surface area contributed by atoms with Gasteiger partial charge in [0.1, 0.15) is 5.01 Å². The first kappa shape index (κ1) is 20.7. The summed E-state index contributed by atoms with van der Waals surface area (Å²) in [7, 11) is 0. The number of thiazole rings is 1. The molecular weight excluding hydrogens is 466 g/mol. The van der Waals surface area contributed by atoms with E-state index in [9.17, 15) is 9.59 Å². The van der Waals surface area contributed by atoms with Gasteiger partial charge in [0, 0.05) is 17.9 Å². The maximum Gasteiger partial charge on any atom is 0.414 e. The number of aryl methyl sites for hydroxylation is 1. The number of carbonyl (C=O) groups excluding carboxylic acids is 2. The number of aromatic nitrogens is 3. The number of amides is 2. The zero-order valence-corrected chi connectivity index (χ0v) is 19.1. The molecule has 5 rings (SSSR count). The fourth-order valence-corrected chi connectivity index (χ4v) is 5.53. The van der Waals surface area contributed by atoms with Crippen LogP contribution in [-0.2, 0) is 12.8 Å². The van der Waals surface area contributed by atoms with E-state index in [4.69, 9.17) is 4.74 Å². The van der Waals surface area contributed by atoms with Gasteiger partial charge in [0.25, 0.3) is 5.91 Å². The van der Waals surface area contributed by atoms with Crippen LogP contribution in [0.25, 0.3) is 9.88 Å². The fourth-order valence-electron chi connectivity index (χ4n) is 3.37. The van der Waals surface area contributed by atoms with Gasteiger partial charge in [-0.2, -0.15) is 0 Å². The van der Waals surface area contributed by atoms with Crippen LogP contribution in [0.3, 0.4) is 0 Å². The molecule has 2 N–H and O–H groups in total. The second kappa shape index (κ2) is 9.15. The summed E-state index contributed by atoms with van der Waals surface area (Å²) in [5.41, 5.74) is 1.83.